The minimum Gasteiger partial charge on any atom is -0.369 e. The number of hydrogen-bond acceptors (Lipinski definition) is 3. The number of anilines is 2. The molecule has 0 spiro atoms. The maximum Gasteiger partial charge on any atom is 0.123 e. The van der Waals surface area contributed by atoms with E-state index in [9.17, 15) is 8.78 Å². The fourth-order valence-corrected chi connectivity index (χ4v) is 2.77. The highest BCUT2D eigenvalue weighted by atomic mass is 19.1. The van der Waals surface area contributed by atoms with Crippen LogP contribution in [-0.2, 0) is 13.1 Å². The van der Waals surface area contributed by atoms with Crippen LogP contribution in [0.15, 0.2) is 66.7 Å². The third-order valence-corrected chi connectivity index (χ3v) is 4.20. The van der Waals surface area contributed by atoms with Crippen molar-refractivity contribution in [2.24, 2.45) is 0 Å². The molecule has 0 unspecified atom stereocenters. The van der Waals surface area contributed by atoms with Crippen LogP contribution in [0.3, 0.4) is 0 Å². The molecule has 0 atom stereocenters. The smallest absolute Gasteiger partial charge is 0.123 e. The number of nitrogens with zero attached hydrogens (tertiary/aromatic N) is 3. The monoisotopic (exact) mass is 353 g/mol. The molecule has 1 aromatic heterocycles. The summed E-state index contributed by atoms with van der Waals surface area (Å²) in [6.45, 7) is 1.25. The summed E-state index contributed by atoms with van der Waals surface area (Å²) in [7, 11) is 3.90. The molecule has 1 heterocycles. The summed E-state index contributed by atoms with van der Waals surface area (Å²) in [5.41, 5.74) is 3.73. The molecular weight excluding hydrogens is 332 g/mol. The second kappa shape index (κ2) is 7.95. The van der Waals surface area contributed by atoms with E-state index in [-0.39, 0.29) is 11.6 Å². The van der Waals surface area contributed by atoms with E-state index in [4.69, 9.17) is 4.98 Å². The van der Waals surface area contributed by atoms with E-state index in [1.54, 1.807) is 24.3 Å². The molecule has 0 aliphatic rings. The summed E-state index contributed by atoms with van der Waals surface area (Å²) in [4.78, 5) is 8.75. The van der Waals surface area contributed by atoms with Gasteiger partial charge in [0.2, 0.25) is 0 Å². The first kappa shape index (κ1) is 17.9. The number of hydrogen-bond donors (Lipinski definition) is 0. The van der Waals surface area contributed by atoms with Gasteiger partial charge in [-0.15, -0.1) is 0 Å². The van der Waals surface area contributed by atoms with E-state index in [0.717, 1.165) is 22.8 Å². The van der Waals surface area contributed by atoms with Gasteiger partial charge < -0.3 is 9.80 Å². The van der Waals surface area contributed by atoms with Crippen molar-refractivity contribution < 1.29 is 8.78 Å². The molecule has 0 aliphatic carbocycles. The van der Waals surface area contributed by atoms with Gasteiger partial charge in [0.25, 0.3) is 0 Å². The van der Waals surface area contributed by atoms with E-state index in [2.05, 4.69) is 0 Å². The van der Waals surface area contributed by atoms with E-state index in [1.165, 1.54) is 24.3 Å². The van der Waals surface area contributed by atoms with Crippen molar-refractivity contribution in [1.29, 1.82) is 0 Å². The molecule has 0 saturated carbocycles. The van der Waals surface area contributed by atoms with Crippen LogP contribution < -0.4 is 9.80 Å². The van der Waals surface area contributed by atoms with Gasteiger partial charge in [-0.3, -0.25) is 4.98 Å². The molecule has 0 saturated heterocycles. The summed E-state index contributed by atoms with van der Waals surface area (Å²) in [5, 5.41) is 0. The van der Waals surface area contributed by atoms with Crippen LogP contribution in [0.25, 0.3) is 0 Å². The Bertz CT molecular complexity index is 779. The summed E-state index contributed by atoms with van der Waals surface area (Å²) in [6, 6.07) is 18.7. The van der Waals surface area contributed by atoms with Crippen molar-refractivity contribution >= 4 is 11.4 Å². The Morgan fingerprint density at radius 1 is 0.654 bits per heavy atom. The summed E-state index contributed by atoms with van der Waals surface area (Å²) >= 11 is 0. The number of halogens is 2. The zero-order chi connectivity index (χ0) is 18.5. The third kappa shape index (κ3) is 4.57. The van der Waals surface area contributed by atoms with Crippen molar-refractivity contribution in [2.45, 2.75) is 13.1 Å². The van der Waals surface area contributed by atoms with Gasteiger partial charge in [0.1, 0.15) is 11.6 Å². The molecular formula is C21H21F2N3. The number of pyridine rings is 1. The van der Waals surface area contributed by atoms with Crippen LogP contribution >= 0.6 is 0 Å². The van der Waals surface area contributed by atoms with E-state index in [0.29, 0.717) is 13.1 Å². The highest BCUT2D eigenvalue weighted by Gasteiger charge is 2.07. The van der Waals surface area contributed by atoms with Crippen LogP contribution in [0.5, 0.6) is 0 Å². The van der Waals surface area contributed by atoms with Gasteiger partial charge in [0, 0.05) is 25.5 Å². The lowest BCUT2D eigenvalue weighted by Gasteiger charge is -2.21. The van der Waals surface area contributed by atoms with Gasteiger partial charge in [0.15, 0.2) is 0 Å². The van der Waals surface area contributed by atoms with E-state index in [1.807, 2.05) is 42.1 Å². The first-order chi connectivity index (χ1) is 12.5. The largest absolute Gasteiger partial charge is 0.369 e. The molecule has 134 valence electrons. The number of rotatable bonds is 6. The van der Waals surface area contributed by atoms with Gasteiger partial charge in [-0.25, -0.2) is 8.78 Å². The highest BCUT2D eigenvalue weighted by molar-refractivity contribution is 5.46. The molecule has 3 rings (SSSR count). The van der Waals surface area contributed by atoms with Gasteiger partial charge in [-0.2, -0.15) is 0 Å². The van der Waals surface area contributed by atoms with Crippen LogP contribution in [0.1, 0.15) is 11.4 Å². The van der Waals surface area contributed by atoms with Gasteiger partial charge in [0.05, 0.1) is 24.5 Å². The maximum atomic E-state index is 13.1. The van der Waals surface area contributed by atoms with Crippen molar-refractivity contribution in [1.82, 2.24) is 4.98 Å². The molecule has 3 nitrogen and oxygen atoms in total. The predicted molar refractivity (Wildman–Crippen MR) is 101 cm³/mol. The zero-order valence-corrected chi connectivity index (χ0v) is 14.9. The minimum atomic E-state index is -0.244. The lowest BCUT2D eigenvalue weighted by molar-refractivity contribution is 0.627. The van der Waals surface area contributed by atoms with Crippen molar-refractivity contribution in [2.75, 3.05) is 23.9 Å². The lowest BCUT2D eigenvalue weighted by atomic mass is 10.2. The second-order valence-corrected chi connectivity index (χ2v) is 6.29. The summed E-state index contributed by atoms with van der Waals surface area (Å²) < 4.78 is 26.1. The second-order valence-electron chi connectivity index (χ2n) is 6.29. The van der Waals surface area contributed by atoms with Crippen LogP contribution in [0.4, 0.5) is 20.2 Å². The maximum absolute atomic E-state index is 13.1. The Morgan fingerprint density at radius 2 is 1.04 bits per heavy atom. The molecule has 0 bridgehead atoms. The Kier molecular flexibility index (Phi) is 5.46. The topological polar surface area (TPSA) is 19.4 Å². The third-order valence-electron chi connectivity index (χ3n) is 4.20. The molecule has 0 N–H and O–H groups in total. The Morgan fingerprint density at radius 3 is 1.42 bits per heavy atom. The van der Waals surface area contributed by atoms with Crippen LogP contribution in [0.2, 0.25) is 0 Å². The Hall–Kier alpha value is -2.95. The molecule has 26 heavy (non-hydrogen) atoms. The zero-order valence-electron chi connectivity index (χ0n) is 14.9. The average Bonchev–Trinajstić information content (AvgIpc) is 2.63. The Balaban J connectivity index is 1.67. The minimum absolute atomic E-state index is 0.244. The normalized spacial score (nSPS) is 10.6. The fraction of sp³-hybridized carbons (Fsp3) is 0.190. The first-order valence-electron chi connectivity index (χ1n) is 8.39. The summed E-state index contributed by atoms with van der Waals surface area (Å²) in [5.74, 6) is -0.489. The van der Waals surface area contributed by atoms with E-state index >= 15 is 0 Å². The predicted octanol–water partition coefficient (Wildman–Crippen LogP) is 4.63. The van der Waals surface area contributed by atoms with Gasteiger partial charge in [-0.1, -0.05) is 6.07 Å². The molecule has 0 fully saturated rings. The summed E-state index contributed by atoms with van der Waals surface area (Å²) in [6.07, 6.45) is 0. The first-order valence-corrected chi connectivity index (χ1v) is 8.39. The van der Waals surface area contributed by atoms with Crippen molar-refractivity contribution in [3.05, 3.63) is 89.8 Å². The average molecular weight is 353 g/mol. The SMILES string of the molecule is CN(Cc1cccc(CN(C)c2ccc(F)cc2)n1)c1ccc(F)cc1. The van der Waals surface area contributed by atoms with E-state index < -0.39 is 0 Å². The molecule has 2 aromatic carbocycles. The number of aromatic nitrogens is 1. The number of benzene rings is 2. The molecule has 5 heteroatoms. The van der Waals surface area contributed by atoms with Crippen LogP contribution in [-0.4, -0.2) is 19.1 Å². The lowest BCUT2D eigenvalue weighted by Crippen LogP contribution is -2.20. The fourth-order valence-electron chi connectivity index (χ4n) is 2.77. The molecule has 0 radical (unpaired) electrons. The molecule has 3 aromatic rings. The van der Waals surface area contributed by atoms with Crippen molar-refractivity contribution in [3.63, 3.8) is 0 Å². The van der Waals surface area contributed by atoms with Gasteiger partial charge >= 0.3 is 0 Å². The highest BCUT2D eigenvalue weighted by Crippen LogP contribution is 2.17. The van der Waals surface area contributed by atoms with Gasteiger partial charge in [-0.05, 0) is 60.7 Å². The molecule has 0 amide bonds. The quantitative estimate of drug-likeness (QED) is 0.644. The molecule has 0 aliphatic heterocycles. The van der Waals surface area contributed by atoms with Crippen molar-refractivity contribution in [3.8, 4) is 0 Å². The standard InChI is InChI=1S/C21H21F2N3/c1-25(20-10-6-16(22)7-11-20)14-18-4-3-5-19(24-18)15-26(2)21-12-8-17(23)9-13-21/h3-13H,14-15H2,1-2H3. The van der Waals surface area contributed by atoms with Crippen LogP contribution in [0, 0.1) is 11.6 Å². The Labute approximate surface area is 152 Å².